The van der Waals surface area contributed by atoms with Crippen molar-refractivity contribution in [1.82, 2.24) is 4.90 Å². The van der Waals surface area contributed by atoms with Gasteiger partial charge in [0.25, 0.3) is 0 Å². The second-order valence-electron chi connectivity index (χ2n) is 6.91. The van der Waals surface area contributed by atoms with Gasteiger partial charge in [0.15, 0.2) is 0 Å². The van der Waals surface area contributed by atoms with Crippen LogP contribution in [0.4, 0.5) is 13.2 Å². The van der Waals surface area contributed by atoms with Gasteiger partial charge < -0.3 is 9.64 Å². The highest BCUT2D eigenvalue weighted by Gasteiger charge is 2.30. The summed E-state index contributed by atoms with van der Waals surface area (Å²) in [5.41, 5.74) is 0.388. The van der Waals surface area contributed by atoms with Gasteiger partial charge in [-0.15, -0.1) is 12.4 Å². The first-order chi connectivity index (χ1) is 12.4. The lowest BCUT2D eigenvalue weighted by Crippen LogP contribution is -2.37. The van der Waals surface area contributed by atoms with Gasteiger partial charge in [0.1, 0.15) is 11.9 Å². The van der Waals surface area contributed by atoms with Crippen LogP contribution in [0.2, 0.25) is 0 Å². The molecule has 1 saturated heterocycles. The predicted molar refractivity (Wildman–Crippen MR) is 103 cm³/mol. The number of likely N-dealkylation sites (tertiary alicyclic amines) is 1. The molecule has 148 valence electrons. The average Bonchev–Trinajstić information content (AvgIpc) is 2.63. The van der Waals surface area contributed by atoms with E-state index in [-0.39, 0.29) is 18.5 Å². The average molecular weight is 400 g/mol. The minimum Gasteiger partial charge on any atom is -0.486 e. The molecule has 0 bridgehead atoms. The fourth-order valence-corrected chi connectivity index (χ4v) is 3.50. The summed E-state index contributed by atoms with van der Waals surface area (Å²) in [7, 11) is 2.13. The van der Waals surface area contributed by atoms with E-state index in [1.807, 2.05) is 30.3 Å². The van der Waals surface area contributed by atoms with Crippen molar-refractivity contribution in [3.8, 4) is 5.75 Å². The van der Waals surface area contributed by atoms with Gasteiger partial charge in [-0.25, -0.2) is 0 Å². The molecule has 0 aromatic heterocycles. The van der Waals surface area contributed by atoms with Gasteiger partial charge in [0.2, 0.25) is 0 Å². The van der Waals surface area contributed by atoms with Crippen LogP contribution in [0.3, 0.4) is 0 Å². The molecule has 1 aliphatic rings. The Morgan fingerprint density at radius 1 is 1.04 bits per heavy atom. The SMILES string of the molecule is CN1CCCCC1CC(Oc1ccc(C(F)(F)F)cc1)c1ccccc1.Cl. The molecule has 2 unspecified atom stereocenters. The van der Waals surface area contributed by atoms with Crippen molar-refractivity contribution in [3.63, 3.8) is 0 Å². The topological polar surface area (TPSA) is 12.5 Å². The Morgan fingerprint density at radius 2 is 1.70 bits per heavy atom. The number of rotatable bonds is 5. The molecule has 6 heteroatoms. The fourth-order valence-electron chi connectivity index (χ4n) is 3.50. The van der Waals surface area contributed by atoms with Crippen LogP contribution in [0, 0.1) is 0 Å². The number of alkyl halides is 3. The molecular weight excluding hydrogens is 375 g/mol. The number of benzene rings is 2. The Bertz CT molecular complexity index is 691. The van der Waals surface area contributed by atoms with Crippen LogP contribution in [-0.2, 0) is 6.18 Å². The van der Waals surface area contributed by atoms with Crippen LogP contribution in [0.5, 0.6) is 5.75 Å². The second kappa shape index (κ2) is 9.47. The van der Waals surface area contributed by atoms with Crippen LogP contribution >= 0.6 is 12.4 Å². The van der Waals surface area contributed by atoms with Crippen molar-refractivity contribution in [3.05, 3.63) is 65.7 Å². The summed E-state index contributed by atoms with van der Waals surface area (Å²) in [6.45, 7) is 1.08. The summed E-state index contributed by atoms with van der Waals surface area (Å²) in [6, 6.07) is 15.3. The maximum atomic E-state index is 12.8. The molecular formula is C21H25ClF3NO. The standard InChI is InChI=1S/C21H24F3NO.ClH/c1-25-14-6-5-9-18(25)15-20(16-7-3-2-4-8-16)26-19-12-10-17(11-13-19)21(22,23)24;/h2-4,7-8,10-13,18,20H,5-6,9,14-15H2,1H3;1H. The lowest BCUT2D eigenvalue weighted by molar-refractivity contribution is -0.137. The molecule has 0 saturated carbocycles. The Morgan fingerprint density at radius 3 is 2.30 bits per heavy atom. The first kappa shape index (κ1) is 21.6. The Balaban J connectivity index is 0.00000261. The summed E-state index contributed by atoms with van der Waals surface area (Å²) in [6.07, 6.45) is -0.155. The van der Waals surface area contributed by atoms with Crippen molar-refractivity contribution in [2.75, 3.05) is 13.6 Å². The quantitative estimate of drug-likeness (QED) is 0.600. The first-order valence-electron chi connectivity index (χ1n) is 9.02. The highest BCUT2D eigenvalue weighted by Crippen LogP contribution is 2.33. The minimum atomic E-state index is -4.33. The zero-order chi connectivity index (χ0) is 18.6. The molecule has 1 fully saturated rings. The third kappa shape index (κ3) is 5.88. The third-order valence-electron chi connectivity index (χ3n) is 5.04. The van der Waals surface area contributed by atoms with Crippen molar-refractivity contribution >= 4 is 12.4 Å². The van der Waals surface area contributed by atoms with Gasteiger partial charge in [0.05, 0.1) is 5.56 Å². The zero-order valence-corrected chi connectivity index (χ0v) is 16.1. The van der Waals surface area contributed by atoms with Gasteiger partial charge in [0, 0.05) is 12.5 Å². The molecule has 1 heterocycles. The van der Waals surface area contributed by atoms with Crippen LogP contribution in [0.25, 0.3) is 0 Å². The molecule has 2 aromatic carbocycles. The van der Waals surface area contributed by atoms with Gasteiger partial charge >= 0.3 is 6.18 Å². The summed E-state index contributed by atoms with van der Waals surface area (Å²) in [5, 5.41) is 0. The van der Waals surface area contributed by atoms with E-state index in [0.29, 0.717) is 11.8 Å². The molecule has 0 radical (unpaired) electrons. The van der Waals surface area contributed by atoms with Crippen LogP contribution < -0.4 is 4.74 Å². The van der Waals surface area contributed by atoms with Gasteiger partial charge in [-0.1, -0.05) is 36.8 Å². The maximum absolute atomic E-state index is 12.8. The molecule has 0 amide bonds. The van der Waals surface area contributed by atoms with Gasteiger partial charge in [-0.2, -0.15) is 13.2 Å². The summed E-state index contributed by atoms with van der Waals surface area (Å²) in [4.78, 5) is 2.36. The highest BCUT2D eigenvalue weighted by molar-refractivity contribution is 5.85. The van der Waals surface area contributed by atoms with E-state index in [1.54, 1.807) is 0 Å². The van der Waals surface area contributed by atoms with Crippen LogP contribution in [0.1, 0.15) is 42.9 Å². The molecule has 27 heavy (non-hydrogen) atoms. The Labute approximate surface area is 164 Å². The molecule has 2 aromatic rings. The lowest BCUT2D eigenvalue weighted by Gasteiger charge is -2.35. The molecule has 2 nitrogen and oxygen atoms in total. The van der Waals surface area contributed by atoms with Crippen LogP contribution in [-0.4, -0.2) is 24.5 Å². The largest absolute Gasteiger partial charge is 0.486 e. The maximum Gasteiger partial charge on any atom is 0.416 e. The summed E-state index contributed by atoms with van der Waals surface area (Å²) < 4.78 is 44.4. The van der Waals surface area contributed by atoms with E-state index in [1.165, 1.54) is 25.0 Å². The van der Waals surface area contributed by atoms with E-state index < -0.39 is 11.7 Å². The number of ether oxygens (including phenoxy) is 1. The zero-order valence-electron chi connectivity index (χ0n) is 15.3. The molecule has 1 aliphatic heterocycles. The number of piperidine rings is 1. The molecule has 3 rings (SSSR count). The van der Waals surface area contributed by atoms with Gasteiger partial charge in [-0.05, 0) is 56.3 Å². The monoisotopic (exact) mass is 399 g/mol. The number of halogens is 4. The summed E-state index contributed by atoms with van der Waals surface area (Å²) >= 11 is 0. The second-order valence-corrected chi connectivity index (χ2v) is 6.91. The van der Waals surface area contributed by atoms with Crippen molar-refractivity contribution in [2.45, 2.75) is 44.0 Å². The van der Waals surface area contributed by atoms with Crippen molar-refractivity contribution in [2.24, 2.45) is 0 Å². The van der Waals surface area contributed by atoms with E-state index in [9.17, 15) is 13.2 Å². The summed E-state index contributed by atoms with van der Waals surface area (Å²) in [5.74, 6) is 0.463. The Kier molecular flexibility index (Phi) is 7.57. The van der Waals surface area contributed by atoms with E-state index in [4.69, 9.17) is 4.74 Å². The molecule has 2 atom stereocenters. The molecule has 0 spiro atoms. The van der Waals surface area contributed by atoms with Crippen molar-refractivity contribution < 1.29 is 17.9 Å². The number of nitrogens with zero attached hydrogens (tertiary/aromatic N) is 1. The lowest BCUT2D eigenvalue weighted by atomic mass is 9.94. The highest BCUT2D eigenvalue weighted by atomic mass is 35.5. The van der Waals surface area contributed by atoms with E-state index >= 15 is 0 Å². The van der Waals surface area contributed by atoms with E-state index in [2.05, 4.69) is 11.9 Å². The normalized spacial score (nSPS) is 19.2. The Hall–Kier alpha value is -1.72. The predicted octanol–water partition coefficient (Wildman–Crippen LogP) is 6.12. The van der Waals surface area contributed by atoms with E-state index in [0.717, 1.165) is 37.1 Å². The smallest absolute Gasteiger partial charge is 0.416 e. The molecule has 0 aliphatic carbocycles. The fraction of sp³-hybridized carbons (Fsp3) is 0.429. The molecule has 0 N–H and O–H groups in total. The van der Waals surface area contributed by atoms with Crippen molar-refractivity contribution in [1.29, 1.82) is 0 Å². The number of hydrogen-bond donors (Lipinski definition) is 0. The first-order valence-corrected chi connectivity index (χ1v) is 9.02. The minimum absolute atomic E-state index is 0. The number of hydrogen-bond acceptors (Lipinski definition) is 2. The van der Waals surface area contributed by atoms with Crippen LogP contribution in [0.15, 0.2) is 54.6 Å². The van der Waals surface area contributed by atoms with Gasteiger partial charge in [-0.3, -0.25) is 0 Å². The third-order valence-corrected chi connectivity index (χ3v) is 5.04.